The number of aromatic nitrogens is 4. The molecular weight excluding hydrogens is 434 g/mol. The lowest BCUT2D eigenvalue weighted by Gasteiger charge is -2.18. The van der Waals surface area contributed by atoms with Gasteiger partial charge in [0.1, 0.15) is 5.82 Å². The Bertz CT molecular complexity index is 1340. The maximum absolute atomic E-state index is 12.8. The smallest absolute Gasteiger partial charge is 0.233 e. The van der Waals surface area contributed by atoms with Gasteiger partial charge in [-0.1, -0.05) is 61.8 Å². The fraction of sp³-hybridized carbons (Fsp3) is 0.231. The first kappa shape index (κ1) is 21.3. The standard InChI is InChI=1S/C26H24ClN5O/c1-16(2)21-6-4-5-7-22(21)25-28-14-19-13-24(33)31(26(19)29-25)15-18-8-10-20(11-9-18)32-17(3)12-23(27)30-32/h4-12,14,16H,13,15H2,1-3H3. The minimum Gasteiger partial charge on any atom is -0.292 e. The number of amides is 1. The van der Waals surface area contributed by atoms with E-state index in [1.807, 2.05) is 55.5 Å². The van der Waals surface area contributed by atoms with Gasteiger partial charge in [0.2, 0.25) is 5.91 Å². The molecule has 7 heteroatoms. The van der Waals surface area contributed by atoms with Gasteiger partial charge < -0.3 is 0 Å². The van der Waals surface area contributed by atoms with Crippen LogP contribution in [0.5, 0.6) is 0 Å². The average molecular weight is 458 g/mol. The minimum atomic E-state index is 0.0346. The minimum absolute atomic E-state index is 0.0346. The number of nitrogens with zero attached hydrogens (tertiary/aromatic N) is 5. The quantitative estimate of drug-likeness (QED) is 0.396. The Morgan fingerprint density at radius 1 is 1.09 bits per heavy atom. The fourth-order valence-electron chi connectivity index (χ4n) is 4.25. The summed E-state index contributed by atoms with van der Waals surface area (Å²) < 4.78 is 1.80. The van der Waals surface area contributed by atoms with Gasteiger partial charge >= 0.3 is 0 Å². The van der Waals surface area contributed by atoms with Crippen molar-refractivity contribution < 1.29 is 4.79 Å². The Balaban J connectivity index is 1.44. The molecule has 3 heterocycles. The van der Waals surface area contributed by atoms with Gasteiger partial charge in [-0.25, -0.2) is 14.6 Å². The van der Waals surface area contributed by atoms with Gasteiger partial charge in [0, 0.05) is 23.0 Å². The van der Waals surface area contributed by atoms with Gasteiger partial charge in [0.25, 0.3) is 0 Å². The summed E-state index contributed by atoms with van der Waals surface area (Å²) in [5.41, 5.74) is 5.96. The molecule has 1 aliphatic rings. The van der Waals surface area contributed by atoms with E-state index in [9.17, 15) is 4.79 Å². The topological polar surface area (TPSA) is 63.9 Å². The molecule has 0 saturated carbocycles. The second-order valence-corrected chi connectivity index (χ2v) is 9.02. The number of rotatable bonds is 5. The zero-order valence-electron chi connectivity index (χ0n) is 18.8. The number of fused-ring (bicyclic) bond motifs is 1. The van der Waals surface area contributed by atoms with Crippen LogP contribution in [0.25, 0.3) is 17.1 Å². The van der Waals surface area contributed by atoms with Crippen molar-refractivity contribution in [1.82, 2.24) is 19.7 Å². The van der Waals surface area contributed by atoms with Crippen molar-refractivity contribution in [1.29, 1.82) is 0 Å². The highest BCUT2D eigenvalue weighted by atomic mass is 35.5. The highest BCUT2D eigenvalue weighted by Crippen LogP contribution is 2.32. The van der Waals surface area contributed by atoms with Crippen LogP contribution in [0.4, 0.5) is 5.82 Å². The van der Waals surface area contributed by atoms with Gasteiger partial charge in [-0.2, -0.15) is 5.10 Å². The molecule has 5 rings (SSSR count). The molecule has 0 N–H and O–H groups in total. The van der Waals surface area contributed by atoms with E-state index in [0.717, 1.165) is 28.1 Å². The van der Waals surface area contributed by atoms with Crippen molar-refractivity contribution in [3.63, 3.8) is 0 Å². The van der Waals surface area contributed by atoms with Crippen LogP contribution in [0.2, 0.25) is 5.15 Å². The molecule has 166 valence electrons. The fourth-order valence-corrected chi connectivity index (χ4v) is 4.49. The highest BCUT2D eigenvalue weighted by Gasteiger charge is 2.30. The lowest BCUT2D eigenvalue weighted by atomic mass is 9.97. The predicted molar refractivity (Wildman–Crippen MR) is 130 cm³/mol. The summed E-state index contributed by atoms with van der Waals surface area (Å²) in [5, 5.41) is 4.78. The van der Waals surface area contributed by atoms with Gasteiger partial charge in [-0.3, -0.25) is 9.69 Å². The van der Waals surface area contributed by atoms with Crippen LogP contribution in [-0.4, -0.2) is 25.7 Å². The van der Waals surface area contributed by atoms with E-state index in [1.54, 1.807) is 15.8 Å². The van der Waals surface area contributed by atoms with Crippen molar-refractivity contribution in [2.24, 2.45) is 0 Å². The number of carbonyl (C=O) groups excluding carboxylic acids is 1. The van der Waals surface area contributed by atoms with Crippen LogP contribution in [0.1, 0.15) is 42.1 Å². The summed E-state index contributed by atoms with van der Waals surface area (Å²) in [5.74, 6) is 1.73. The largest absolute Gasteiger partial charge is 0.292 e. The van der Waals surface area contributed by atoms with E-state index < -0.39 is 0 Å². The normalized spacial score (nSPS) is 13.1. The van der Waals surface area contributed by atoms with E-state index in [0.29, 0.717) is 35.7 Å². The number of carbonyl (C=O) groups is 1. The Morgan fingerprint density at radius 2 is 1.85 bits per heavy atom. The number of hydrogen-bond acceptors (Lipinski definition) is 4. The van der Waals surface area contributed by atoms with Crippen LogP contribution in [0.15, 0.2) is 60.8 Å². The molecule has 0 bridgehead atoms. The van der Waals surface area contributed by atoms with E-state index in [-0.39, 0.29) is 5.91 Å². The van der Waals surface area contributed by atoms with Gasteiger partial charge in [-0.05, 0) is 42.2 Å². The second-order valence-electron chi connectivity index (χ2n) is 8.63. The van der Waals surface area contributed by atoms with Crippen LogP contribution in [-0.2, 0) is 17.8 Å². The Labute approximate surface area is 197 Å². The number of halogens is 1. The van der Waals surface area contributed by atoms with Crippen molar-refractivity contribution >= 4 is 23.3 Å². The molecule has 0 saturated heterocycles. The SMILES string of the molecule is Cc1cc(Cl)nn1-c1ccc(CN2C(=O)Cc3cnc(-c4ccccc4C(C)C)nc32)cc1. The van der Waals surface area contributed by atoms with Crippen LogP contribution >= 0.6 is 11.6 Å². The molecule has 6 nitrogen and oxygen atoms in total. The summed E-state index contributed by atoms with van der Waals surface area (Å²) >= 11 is 6.02. The molecule has 0 atom stereocenters. The molecule has 0 radical (unpaired) electrons. The van der Waals surface area contributed by atoms with Crippen molar-refractivity contribution in [3.05, 3.63) is 88.3 Å². The van der Waals surface area contributed by atoms with E-state index in [2.05, 4.69) is 30.0 Å². The summed E-state index contributed by atoms with van der Waals surface area (Å²) in [6, 6.07) is 18.0. The Hall–Kier alpha value is -3.51. The van der Waals surface area contributed by atoms with Crippen molar-refractivity contribution in [2.45, 2.75) is 39.7 Å². The molecule has 0 aliphatic carbocycles. The third-order valence-electron chi connectivity index (χ3n) is 5.94. The van der Waals surface area contributed by atoms with Crippen molar-refractivity contribution in [3.8, 4) is 17.1 Å². The number of anilines is 1. The first-order valence-corrected chi connectivity index (χ1v) is 11.4. The second kappa shape index (κ2) is 8.45. The monoisotopic (exact) mass is 457 g/mol. The number of hydrogen-bond donors (Lipinski definition) is 0. The number of aryl methyl sites for hydroxylation is 1. The predicted octanol–water partition coefficient (Wildman–Crippen LogP) is 5.50. The summed E-state index contributed by atoms with van der Waals surface area (Å²) in [4.78, 5) is 24.0. The first-order chi connectivity index (χ1) is 15.9. The van der Waals surface area contributed by atoms with E-state index in [1.165, 1.54) is 5.56 Å². The lowest BCUT2D eigenvalue weighted by Crippen LogP contribution is -2.26. The van der Waals surface area contributed by atoms with Crippen LogP contribution in [0, 0.1) is 6.92 Å². The zero-order valence-corrected chi connectivity index (χ0v) is 19.5. The molecule has 1 amide bonds. The maximum Gasteiger partial charge on any atom is 0.233 e. The van der Waals surface area contributed by atoms with Crippen molar-refractivity contribution in [2.75, 3.05) is 4.90 Å². The molecule has 0 fully saturated rings. The average Bonchev–Trinajstić information content (AvgIpc) is 3.31. The molecular formula is C26H24ClN5O. The van der Waals surface area contributed by atoms with Gasteiger partial charge in [0.15, 0.2) is 11.0 Å². The van der Waals surface area contributed by atoms with Gasteiger partial charge in [0.05, 0.1) is 18.7 Å². The Kier molecular flexibility index (Phi) is 5.46. The molecule has 2 aromatic carbocycles. The van der Waals surface area contributed by atoms with E-state index in [4.69, 9.17) is 16.6 Å². The Morgan fingerprint density at radius 3 is 2.55 bits per heavy atom. The summed E-state index contributed by atoms with van der Waals surface area (Å²) in [7, 11) is 0. The van der Waals surface area contributed by atoms with E-state index >= 15 is 0 Å². The molecule has 1 aliphatic heterocycles. The third kappa shape index (κ3) is 4.02. The third-order valence-corrected chi connectivity index (χ3v) is 6.13. The molecule has 33 heavy (non-hydrogen) atoms. The summed E-state index contributed by atoms with van der Waals surface area (Å²) in [6.45, 7) is 6.73. The van der Waals surface area contributed by atoms with Crippen LogP contribution in [0.3, 0.4) is 0 Å². The molecule has 2 aromatic heterocycles. The molecule has 0 unspecified atom stereocenters. The van der Waals surface area contributed by atoms with Gasteiger partial charge in [-0.15, -0.1) is 0 Å². The van der Waals surface area contributed by atoms with Crippen LogP contribution < -0.4 is 4.90 Å². The number of benzene rings is 2. The maximum atomic E-state index is 12.8. The zero-order chi connectivity index (χ0) is 23.1. The first-order valence-electron chi connectivity index (χ1n) is 11.0. The molecule has 0 spiro atoms. The summed E-state index contributed by atoms with van der Waals surface area (Å²) in [6.07, 6.45) is 2.12. The highest BCUT2D eigenvalue weighted by molar-refractivity contribution is 6.29. The molecule has 4 aromatic rings. The lowest BCUT2D eigenvalue weighted by molar-refractivity contribution is -0.117.